The Kier molecular flexibility index (Phi) is 4.02. The monoisotopic (exact) mass is 369 g/mol. The van der Waals surface area contributed by atoms with Crippen molar-refractivity contribution in [1.29, 1.82) is 0 Å². The van der Waals surface area contributed by atoms with Gasteiger partial charge in [0.2, 0.25) is 0 Å². The van der Waals surface area contributed by atoms with E-state index in [1.807, 2.05) is 0 Å². The van der Waals surface area contributed by atoms with Gasteiger partial charge in [0.15, 0.2) is 11.6 Å². The standard InChI is InChI=1S/C15H10ClF2N3O2S/c16-10-3-1-9(2-4-10)14-8-15(19)21(20-14)24(22,23)11-5-6-12(17)13(18)7-11/h1-8H,19H2. The van der Waals surface area contributed by atoms with Gasteiger partial charge in [-0.1, -0.05) is 23.7 Å². The third-order valence-electron chi connectivity index (χ3n) is 3.26. The zero-order valence-corrected chi connectivity index (χ0v) is 13.5. The van der Waals surface area contributed by atoms with Crippen LogP contribution >= 0.6 is 11.6 Å². The molecule has 9 heteroatoms. The smallest absolute Gasteiger partial charge is 0.284 e. The number of benzene rings is 2. The number of halogens is 3. The number of rotatable bonds is 3. The summed E-state index contributed by atoms with van der Waals surface area (Å²) in [5.74, 6) is -2.59. The predicted molar refractivity (Wildman–Crippen MR) is 86.0 cm³/mol. The van der Waals surface area contributed by atoms with E-state index in [0.717, 1.165) is 12.1 Å². The molecule has 0 saturated carbocycles. The van der Waals surface area contributed by atoms with Crippen LogP contribution in [-0.4, -0.2) is 17.6 Å². The summed E-state index contributed by atoms with van der Waals surface area (Å²) < 4.78 is 51.9. The zero-order valence-electron chi connectivity index (χ0n) is 11.9. The fraction of sp³-hybridized carbons (Fsp3) is 0. The molecule has 0 unspecified atom stereocenters. The Morgan fingerprint density at radius 3 is 2.29 bits per heavy atom. The van der Waals surface area contributed by atoms with Gasteiger partial charge in [-0.15, -0.1) is 4.09 Å². The summed E-state index contributed by atoms with van der Waals surface area (Å²) in [5.41, 5.74) is 6.63. The normalized spacial score (nSPS) is 11.6. The van der Waals surface area contributed by atoms with Gasteiger partial charge in [0, 0.05) is 16.7 Å². The Balaban J connectivity index is 2.08. The first kappa shape index (κ1) is 16.4. The minimum atomic E-state index is -4.26. The van der Waals surface area contributed by atoms with Gasteiger partial charge in [0.05, 0.1) is 10.6 Å². The fourth-order valence-electron chi connectivity index (χ4n) is 2.07. The molecule has 0 radical (unpaired) electrons. The van der Waals surface area contributed by atoms with Gasteiger partial charge in [-0.3, -0.25) is 0 Å². The van der Waals surface area contributed by atoms with Crippen molar-refractivity contribution < 1.29 is 17.2 Å². The molecule has 1 aromatic heterocycles. The molecular weight excluding hydrogens is 360 g/mol. The summed E-state index contributed by atoms with van der Waals surface area (Å²) in [5, 5.41) is 4.47. The first-order chi connectivity index (χ1) is 11.3. The molecule has 24 heavy (non-hydrogen) atoms. The lowest BCUT2D eigenvalue weighted by Crippen LogP contribution is -2.17. The molecule has 2 N–H and O–H groups in total. The van der Waals surface area contributed by atoms with Crippen molar-refractivity contribution in [2.75, 3.05) is 5.73 Å². The molecule has 0 amide bonds. The van der Waals surface area contributed by atoms with Crippen molar-refractivity contribution in [3.63, 3.8) is 0 Å². The van der Waals surface area contributed by atoms with Gasteiger partial charge in [-0.2, -0.15) is 13.5 Å². The van der Waals surface area contributed by atoms with E-state index in [1.54, 1.807) is 24.3 Å². The maximum absolute atomic E-state index is 13.3. The van der Waals surface area contributed by atoms with Crippen molar-refractivity contribution in [2.24, 2.45) is 0 Å². The highest BCUT2D eigenvalue weighted by Crippen LogP contribution is 2.25. The molecule has 0 atom stereocenters. The van der Waals surface area contributed by atoms with E-state index in [9.17, 15) is 17.2 Å². The van der Waals surface area contributed by atoms with Crippen LogP contribution in [-0.2, 0) is 10.0 Å². The topological polar surface area (TPSA) is 78.0 Å². The van der Waals surface area contributed by atoms with E-state index in [1.165, 1.54) is 6.07 Å². The Labute approximate surface area is 141 Å². The van der Waals surface area contributed by atoms with Gasteiger partial charge in [-0.25, -0.2) is 8.78 Å². The number of anilines is 1. The van der Waals surface area contributed by atoms with Crippen LogP contribution in [0.15, 0.2) is 53.4 Å². The van der Waals surface area contributed by atoms with Gasteiger partial charge in [0.1, 0.15) is 5.82 Å². The van der Waals surface area contributed by atoms with Crippen molar-refractivity contribution in [3.05, 3.63) is 65.2 Å². The second-order valence-electron chi connectivity index (χ2n) is 4.89. The Hall–Kier alpha value is -2.45. The van der Waals surface area contributed by atoms with Gasteiger partial charge < -0.3 is 5.73 Å². The summed E-state index contributed by atoms with van der Waals surface area (Å²) in [7, 11) is -4.26. The van der Waals surface area contributed by atoms with Crippen LogP contribution in [0, 0.1) is 11.6 Å². The second kappa shape index (κ2) is 5.88. The van der Waals surface area contributed by atoms with E-state index >= 15 is 0 Å². The molecule has 2 aromatic carbocycles. The number of nitrogen functional groups attached to an aromatic ring is 1. The molecule has 0 spiro atoms. The molecular formula is C15H10ClF2N3O2S. The fourth-order valence-corrected chi connectivity index (χ4v) is 3.41. The molecule has 3 aromatic rings. The lowest BCUT2D eigenvalue weighted by molar-refractivity contribution is 0.504. The second-order valence-corrected chi connectivity index (χ2v) is 7.09. The Morgan fingerprint density at radius 2 is 1.67 bits per heavy atom. The molecule has 0 aliphatic rings. The van der Waals surface area contributed by atoms with Crippen LogP contribution in [0.4, 0.5) is 14.6 Å². The third kappa shape index (κ3) is 2.85. The highest BCUT2D eigenvalue weighted by molar-refractivity contribution is 7.90. The molecule has 3 rings (SSSR count). The summed E-state index contributed by atoms with van der Waals surface area (Å²) in [6.07, 6.45) is 0. The maximum atomic E-state index is 13.3. The average Bonchev–Trinajstić information content (AvgIpc) is 2.93. The van der Waals surface area contributed by atoms with Crippen LogP contribution in [0.5, 0.6) is 0 Å². The SMILES string of the molecule is Nc1cc(-c2ccc(Cl)cc2)nn1S(=O)(=O)c1ccc(F)c(F)c1. The van der Waals surface area contributed by atoms with Crippen molar-refractivity contribution in [3.8, 4) is 11.3 Å². The van der Waals surface area contributed by atoms with Crippen LogP contribution in [0.25, 0.3) is 11.3 Å². The predicted octanol–water partition coefficient (Wildman–Crippen LogP) is 3.30. The van der Waals surface area contributed by atoms with Crippen molar-refractivity contribution >= 4 is 27.4 Å². The molecule has 1 heterocycles. The number of aromatic nitrogens is 2. The van der Waals surface area contributed by atoms with E-state index in [0.29, 0.717) is 26.4 Å². The maximum Gasteiger partial charge on any atom is 0.284 e. The molecule has 124 valence electrons. The molecule has 0 aliphatic carbocycles. The summed E-state index contributed by atoms with van der Waals surface area (Å²) in [6, 6.07) is 10.1. The number of nitrogens with two attached hydrogens (primary N) is 1. The lowest BCUT2D eigenvalue weighted by atomic mass is 10.1. The van der Waals surface area contributed by atoms with Crippen LogP contribution in [0.2, 0.25) is 5.02 Å². The van der Waals surface area contributed by atoms with E-state index < -0.39 is 26.6 Å². The van der Waals surface area contributed by atoms with Gasteiger partial charge >= 0.3 is 0 Å². The van der Waals surface area contributed by atoms with Crippen LogP contribution in [0.1, 0.15) is 0 Å². The van der Waals surface area contributed by atoms with Gasteiger partial charge in [-0.05, 0) is 30.3 Å². The number of hydrogen-bond acceptors (Lipinski definition) is 4. The molecule has 5 nitrogen and oxygen atoms in total. The van der Waals surface area contributed by atoms with E-state index in [4.69, 9.17) is 17.3 Å². The number of nitrogens with zero attached hydrogens (tertiary/aromatic N) is 2. The molecule has 0 saturated heterocycles. The Bertz CT molecular complexity index is 1020. The average molecular weight is 370 g/mol. The highest BCUT2D eigenvalue weighted by Gasteiger charge is 2.23. The highest BCUT2D eigenvalue weighted by atomic mass is 35.5. The third-order valence-corrected chi connectivity index (χ3v) is 5.11. The minimum absolute atomic E-state index is 0.162. The minimum Gasteiger partial charge on any atom is -0.383 e. The largest absolute Gasteiger partial charge is 0.383 e. The van der Waals surface area contributed by atoms with E-state index in [2.05, 4.69) is 5.10 Å². The molecule has 0 bridgehead atoms. The van der Waals surface area contributed by atoms with Crippen LogP contribution < -0.4 is 5.73 Å². The van der Waals surface area contributed by atoms with Gasteiger partial charge in [0.25, 0.3) is 10.0 Å². The summed E-state index contributed by atoms with van der Waals surface area (Å²) >= 11 is 5.80. The zero-order chi connectivity index (χ0) is 17.5. The van der Waals surface area contributed by atoms with E-state index in [-0.39, 0.29) is 5.82 Å². The van der Waals surface area contributed by atoms with Crippen molar-refractivity contribution in [1.82, 2.24) is 9.19 Å². The molecule has 0 aliphatic heterocycles. The molecule has 0 fully saturated rings. The first-order valence-corrected chi connectivity index (χ1v) is 8.43. The summed E-state index contributed by atoms with van der Waals surface area (Å²) in [6.45, 7) is 0. The Morgan fingerprint density at radius 1 is 1.00 bits per heavy atom. The number of hydrogen-bond donors (Lipinski definition) is 1. The lowest BCUT2D eigenvalue weighted by Gasteiger charge is -2.06. The van der Waals surface area contributed by atoms with Crippen molar-refractivity contribution in [2.45, 2.75) is 4.90 Å². The summed E-state index contributed by atoms with van der Waals surface area (Å²) in [4.78, 5) is -0.459. The quantitative estimate of drug-likeness (QED) is 0.768. The van der Waals surface area contributed by atoms with Crippen LogP contribution in [0.3, 0.4) is 0 Å². The first-order valence-electron chi connectivity index (χ1n) is 6.61.